The lowest BCUT2D eigenvalue weighted by Gasteiger charge is -2.47. The van der Waals surface area contributed by atoms with E-state index in [0.717, 1.165) is 13.0 Å². The summed E-state index contributed by atoms with van der Waals surface area (Å²) in [6, 6.07) is 5.48. The third-order valence-electron chi connectivity index (χ3n) is 4.21. The quantitative estimate of drug-likeness (QED) is 0.887. The summed E-state index contributed by atoms with van der Waals surface area (Å²) >= 11 is 1.85. The minimum absolute atomic E-state index is 0.255. The van der Waals surface area contributed by atoms with E-state index in [1.807, 2.05) is 11.3 Å². The van der Waals surface area contributed by atoms with Crippen LogP contribution < -0.4 is 5.32 Å². The van der Waals surface area contributed by atoms with Gasteiger partial charge in [-0.2, -0.15) is 0 Å². The van der Waals surface area contributed by atoms with Gasteiger partial charge in [-0.3, -0.25) is 0 Å². The third-order valence-corrected chi connectivity index (χ3v) is 5.27. The summed E-state index contributed by atoms with van der Waals surface area (Å²) in [6.07, 6.45) is 6.28. The highest BCUT2D eigenvalue weighted by Crippen LogP contribution is 2.42. The third kappa shape index (κ3) is 2.42. The molecule has 0 bridgehead atoms. The predicted molar refractivity (Wildman–Crippen MR) is 71.4 cm³/mol. The SMILES string of the molecule is C[C@@H](NC1CCOC2(CCC2)C1)c1cccs1. The molecule has 1 N–H and O–H groups in total. The zero-order chi connectivity index (χ0) is 11.7. The van der Waals surface area contributed by atoms with Gasteiger partial charge in [-0.25, -0.2) is 0 Å². The normalized spacial score (nSPS) is 28.9. The van der Waals surface area contributed by atoms with Gasteiger partial charge >= 0.3 is 0 Å². The van der Waals surface area contributed by atoms with Crippen LogP contribution in [0.15, 0.2) is 17.5 Å². The Bertz CT molecular complexity index is 358. The van der Waals surface area contributed by atoms with E-state index >= 15 is 0 Å². The molecule has 2 heterocycles. The molecule has 0 radical (unpaired) electrons. The largest absolute Gasteiger partial charge is 0.375 e. The summed E-state index contributed by atoms with van der Waals surface area (Å²) in [5, 5.41) is 5.93. The molecule has 2 nitrogen and oxygen atoms in total. The van der Waals surface area contributed by atoms with E-state index in [1.54, 1.807) is 0 Å². The lowest BCUT2D eigenvalue weighted by Crippen LogP contribution is -2.51. The van der Waals surface area contributed by atoms with Crippen LogP contribution >= 0.6 is 11.3 Å². The number of thiophene rings is 1. The average molecular weight is 251 g/mol. The molecule has 1 spiro atoms. The second-order valence-corrected chi connectivity index (χ2v) is 6.46. The lowest BCUT2D eigenvalue weighted by atomic mass is 9.74. The van der Waals surface area contributed by atoms with Crippen LogP contribution in [-0.4, -0.2) is 18.2 Å². The number of hydrogen-bond donors (Lipinski definition) is 1. The molecule has 1 saturated heterocycles. The van der Waals surface area contributed by atoms with Crippen LogP contribution in [-0.2, 0) is 4.74 Å². The first-order valence-corrected chi connectivity index (χ1v) is 7.59. The second-order valence-electron chi connectivity index (χ2n) is 5.48. The molecule has 94 valence electrons. The summed E-state index contributed by atoms with van der Waals surface area (Å²) in [5.41, 5.74) is 0.255. The molecular formula is C14H21NOS. The van der Waals surface area contributed by atoms with Crippen molar-refractivity contribution in [3.05, 3.63) is 22.4 Å². The Morgan fingerprint density at radius 2 is 2.41 bits per heavy atom. The molecule has 3 rings (SSSR count). The van der Waals surface area contributed by atoms with Crippen molar-refractivity contribution < 1.29 is 4.74 Å². The van der Waals surface area contributed by atoms with Crippen molar-refractivity contribution >= 4 is 11.3 Å². The highest BCUT2D eigenvalue weighted by molar-refractivity contribution is 7.10. The maximum Gasteiger partial charge on any atom is 0.0697 e. The predicted octanol–water partition coefficient (Wildman–Crippen LogP) is 3.50. The monoisotopic (exact) mass is 251 g/mol. The topological polar surface area (TPSA) is 21.3 Å². The van der Waals surface area contributed by atoms with Gasteiger partial charge in [0.25, 0.3) is 0 Å². The Balaban J connectivity index is 1.58. The lowest BCUT2D eigenvalue weighted by molar-refractivity contribution is -0.136. The molecule has 17 heavy (non-hydrogen) atoms. The smallest absolute Gasteiger partial charge is 0.0697 e. The molecular weight excluding hydrogens is 230 g/mol. The Morgan fingerprint density at radius 1 is 1.53 bits per heavy atom. The van der Waals surface area contributed by atoms with E-state index in [1.165, 1.54) is 30.6 Å². The van der Waals surface area contributed by atoms with Gasteiger partial charge in [0, 0.05) is 23.6 Å². The fraction of sp³-hybridized carbons (Fsp3) is 0.714. The van der Waals surface area contributed by atoms with Crippen LogP contribution in [0.3, 0.4) is 0 Å². The van der Waals surface area contributed by atoms with Crippen LogP contribution in [0.4, 0.5) is 0 Å². The number of hydrogen-bond acceptors (Lipinski definition) is 3. The van der Waals surface area contributed by atoms with Gasteiger partial charge in [-0.15, -0.1) is 11.3 Å². The van der Waals surface area contributed by atoms with E-state index in [0.29, 0.717) is 12.1 Å². The van der Waals surface area contributed by atoms with Crippen molar-refractivity contribution in [3.63, 3.8) is 0 Å². The Morgan fingerprint density at radius 3 is 3.06 bits per heavy atom. The maximum atomic E-state index is 5.97. The van der Waals surface area contributed by atoms with Gasteiger partial charge in [0.05, 0.1) is 5.60 Å². The van der Waals surface area contributed by atoms with Crippen LogP contribution in [0.5, 0.6) is 0 Å². The Labute approximate surface area is 107 Å². The van der Waals surface area contributed by atoms with Gasteiger partial charge < -0.3 is 10.1 Å². The molecule has 1 aliphatic carbocycles. The molecule has 2 aliphatic rings. The Hall–Kier alpha value is -0.380. The zero-order valence-corrected chi connectivity index (χ0v) is 11.3. The summed E-state index contributed by atoms with van der Waals surface area (Å²) in [7, 11) is 0. The van der Waals surface area contributed by atoms with Gasteiger partial charge in [-0.1, -0.05) is 6.07 Å². The van der Waals surface area contributed by atoms with E-state index in [4.69, 9.17) is 4.74 Å². The van der Waals surface area contributed by atoms with Gasteiger partial charge in [0.1, 0.15) is 0 Å². The molecule has 0 amide bonds. The van der Waals surface area contributed by atoms with Gasteiger partial charge in [-0.05, 0) is 50.5 Å². The minimum atomic E-state index is 0.255. The van der Waals surface area contributed by atoms with E-state index in [9.17, 15) is 0 Å². The number of rotatable bonds is 3. The van der Waals surface area contributed by atoms with Crippen LogP contribution in [0.2, 0.25) is 0 Å². The van der Waals surface area contributed by atoms with Crippen molar-refractivity contribution in [2.75, 3.05) is 6.61 Å². The zero-order valence-electron chi connectivity index (χ0n) is 10.4. The second kappa shape index (κ2) is 4.71. The van der Waals surface area contributed by atoms with Gasteiger partial charge in [0.2, 0.25) is 0 Å². The van der Waals surface area contributed by atoms with Crippen LogP contribution in [0.1, 0.15) is 49.9 Å². The molecule has 2 fully saturated rings. The summed E-state index contributed by atoms with van der Waals surface area (Å²) in [4.78, 5) is 1.44. The molecule has 1 aromatic rings. The Kier molecular flexibility index (Phi) is 3.24. The fourth-order valence-corrected chi connectivity index (χ4v) is 3.81. The molecule has 3 heteroatoms. The summed E-state index contributed by atoms with van der Waals surface area (Å²) in [5.74, 6) is 0. The van der Waals surface area contributed by atoms with Crippen molar-refractivity contribution in [2.45, 2.75) is 56.7 Å². The standard InChI is InChI=1S/C14H21NOS/c1-11(13-4-2-9-17-13)15-12-5-8-16-14(10-12)6-3-7-14/h2,4,9,11-12,15H,3,5-8,10H2,1H3/t11-,12?/m1/s1. The first-order valence-electron chi connectivity index (χ1n) is 6.71. The fourth-order valence-electron chi connectivity index (χ4n) is 3.06. The average Bonchev–Trinajstić information content (AvgIpc) is 2.81. The van der Waals surface area contributed by atoms with Crippen molar-refractivity contribution in [1.82, 2.24) is 5.32 Å². The van der Waals surface area contributed by atoms with Crippen molar-refractivity contribution in [1.29, 1.82) is 0 Å². The van der Waals surface area contributed by atoms with Crippen LogP contribution in [0, 0.1) is 0 Å². The minimum Gasteiger partial charge on any atom is -0.375 e. The highest BCUT2D eigenvalue weighted by Gasteiger charge is 2.42. The first kappa shape index (κ1) is 11.7. The molecule has 1 unspecified atom stereocenters. The molecule has 2 atom stereocenters. The van der Waals surface area contributed by atoms with Crippen LogP contribution in [0.25, 0.3) is 0 Å². The highest BCUT2D eigenvalue weighted by atomic mass is 32.1. The number of ether oxygens (including phenoxy) is 1. The first-order chi connectivity index (χ1) is 8.27. The summed E-state index contributed by atoms with van der Waals surface area (Å²) < 4.78 is 5.97. The molecule has 0 aromatic carbocycles. The molecule has 1 saturated carbocycles. The van der Waals surface area contributed by atoms with E-state index < -0.39 is 0 Å². The van der Waals surface area contributed by atoms with Crippen molar-refractivity contribution in [3.8, 4) is 0 Å². The van der Waals surface area contributed by atoms with E-state index in [2.05, 4.69) is 29.8 Å². The van der Waals surface area contributed by atoms with E-state index in [-0.39, 0.29) is 5.60 Å². The molecule has 1 aliphatic heterocycles. The summed E-state index contributed by atoms with van der Waals surface area (Å²) in [6.45, 7) is 3.21. The van der Waals surface area contributed by atoms with Gasteiger partial charge in [0.15, 0.2) is 0 Å². The maximum absolute atomic E-state index is 5.97. The number of nitrogens with one attached hydrogen (secondary N) is 1. The molecule has 1 aromatic heterocycles. The van der Waals surface area contributed by atoms with Crippen molar-refractivity contribution in [2.24, 2.45) is 0 Å².